The van der Waals surface area contributed by atoms with Crippen molar-refractivity contribution in [1.82, 2.24) is 14.9 Å². The average Bonchev–Trinajstić information content (AvgIpc) is 3.32. The lowest BCUT2D eigenvalue weighted by Gasteiger charge is -2.41. The van der Waals surface area contributed by atoms with Crippen molar-refractivity contribution in [2.45, 2.75) is 67.7 Å². The van der Waals surface area contributed by atoms with Crippen LogP contribution in [0.25, 0.3) is 22.0 Å². The van der Waals surface area contributed by atoms with Crippen molar-refractivity contribution in [3.8, 4) is 11.1 Å². The van der Waals surface area contributed by atoms with Gasteiger partial charge >= 0.3 is 0 Å². The highest BCUT2D eigenvalue weighted by Gasteiger charge is 2.54. The van der Waals surface area contributed by atoms with Crippen molar-refractivity contribution in [1.29, 1.82) is 0 Å². The molecule has 9 nitrogen and oxygen atoms in total. The Bertz CT molecular complexity index is 1920. The number of likely N-dealkylation sites (tertiary alicyclic amines) is 1. The van der Waals surface area contributed by atoms with E-state index >= 15 is 0 Å². The van der Waals surface area contributed by atoms with E-state index in [1.807, 2.05) is 43.7 Å². The molecule has 3 aliphatic heterocycles. The molecule has 246 valence electrons. The number of hydrogen-bond acceptors (Lipinski definition) is 7. The van der Waals surface area contributed by atoms with Crippen molar-refractivity contribution in [2.75, 3.05) is 47.7 Å². The third-order valence-corrected chi connectivity index (χ3v) is 12.2. The first-order chi connectivity index (χ1) is 22.3. The largest absolute Gasteiger partial charge is 0.355 e. The van der Waals surface area contributed by atoms with Gasteiger partial charge in [0.1, 0.15) is 0 Å². The van der Waals surface area contributed by atoms with Gasteiger partial charge in [-0.1, -0.05) is 37.1 Å². The third kappa shape index (κ3) is 5.44. The molecule has 4 aliphatic rings. The summed E-state index contributed by atoms with van der Waals surface area (Å²) in [4.78, 5) is 29.8. The Hall–Kier alpha value is -3.73. The second-order valence-electron chi connectivity index (χ2n) is 13.4. The Morgan fingerprint density at radius 3 is 2.30 bits per heavy atom. The maximum atomic E-state index is 13.6. The Kier molecular flexibility index (Phi) is 8.39. The van der Waals surface area contributed by atoms with Crippen molar-refractivity contribution in [3.63, 3.8) is 0 Å². The predicted octanol–water partition coefficient (Wildman–Crippen LogP) is 6.37. The van der Waals surface area contributed by atoms with Gasteiger partial charge in [-0.2, -0.15) is 0 Å². The van der Waals surface area contributed by atoms with Gasteiger partial charge in [-0.25, -0.2) is 13.4 Å². The number of nitrogens with one attached hydrogen (secondary N) is 1. The average molecular weight is 673 g/mol. The fourth-order valence-electron chi connectivity index (χ4n) is 8.12. The molecular formula is C36H41ClN6O3S. The molecule has 5 heterocycles. The monoisotopic (exact) mass is 672 g/mol. The second kappa shape index (κ2) is 12.4. The van der Waals surface area contributed by atoms with Crippen LogP contribution in [0, 0.1) is 0 Å². The maximum Gasteiger partial charge on any atom is 0.262 e. The number of benzene rings is 2. The number of hydrogen-bond donors (Lipinski definition) is 1. The predicted molar refractivity (Wildman–Crippen MR) is 189 cm³/mol. The van der Waals surface area contributed by atoms with Gasteiger partial charge in [0.25, 0.3) is 10.0 Å². The molecule has 3 fully saturated rings. The van der Waals surface area contributed by atoms with Crippen molar-refractivity contribution < 1.29 is 13.2 Å². The van der Waals surface area contributed by atoms with Crippen LogP contribution in [0.1, 0.15) is 56.9 Å². The van der Waals surface area contributed by atoms with E-state index in [1.165, 1.54) is 32.4 Å². The summed E-state index contributed by atoms with van der Waals surface area (Å²) in [5, 5.41) is 0.975. The Labute approximate surface area is 282 Å². The van der Waals surface area contributed by atoms with Crippen LogP contribution in [-0.4, -0.2) is 68.5 Å². The van der Waals surface area contributed by atoms with Gasteiger partial charge in [-0.05, 0) is 87.5 Å². The number of nitrogens with zero attached hydrogens (tertiary/aromatic N) is 5. The first-order valence-corrected chi connectivity index (χ1v) is 18.1. The first kappa shape index (κ1) is 31.8. The lowest BCUT2D eigenvalue weighted by atomic mass is 9.64. The van der Waals surface area contributed by atoms with Crippen LogP contribution in [0.15, 0.2) is 71.9 Å². The lowest BCUT2D eigenvalue weighted by Crippen LogP contribution is -2.47. The van der Waals surface area contributed by atoms with E-state index in [0.717, 1.165) is 78.5 Å². The van der Waals surface area contributed by atoms with Gasteiger partial charge in [-0.3, -0.25) is 14.5 Å². The summed E-state index contributed by atoms with van der Waals surface area (Å²) in [6, 6.07) is 17.1. The van der Waals surface area contributed by atoms with Gasteiger partial charge in [-0.15, -0.1) is 12.4 Å². The molecule has 0 bridgehead atoms. The van der Waals surface area contributed by atoms with Gasteiger partial charge in [0.15, 0.2) is 5.82 Å². The van der Waals surface area contributed by atoms with Crippen molar-refractivity contribution >= 4 is 56.4 Å². The molecule has 2 saturated heterocycles. The number of carbonyl (C=O) groups is 1. The molecule has 0 atom stereocenters. The van der Waals surface area contributed by atoms with E-state index in [9.17, 15) is 13.2 Å². The van der Waals surface area contributed by atoms with Crippen molar-refractivity contribution in [3.05, 3.63) is 72.6 Å². The van der Waals surface area contributed by atoms with Gasteiger partial charge in [0.2, 0.25) is 5.91 Å². The molecule has 1 spiro atoms. The fourth-order valence-corrected chi connectivity index (χ4v) is 9.20. The van der Waals surface area contributed by atoms with Crippen LogP contribution in [0.5, 0.6) is 0 Å². The minimum Gasteiger partial charge on any atom is -0.355 e. The number of rotatable bonds is 6. The molecule has 1 saturated carbocycles. The zero-order valence-electron chi connectivity index (χ0n) is 26.7. The number of halogens is 1. The molecule has 47 heavy (non-hydrogen) atoms. The standard InChI is InChI=1S/C36H40N6O3S.ClH/c1-40-32-24-37-30-12-11-25(21-29(30)33(32)36(35(40)43)15-8-16-36)26-22-31(39-46(44,45)28-9-4-2-5-10-28)34(38-23-26)42-19-13-27(14-20-42)41-17-6-3-7-18-41;/h2,4-5,9-12,21-24,27,39H,3,6-8,13-20H2,1H3;1H. The summed E-state index contributed by atoms with van der Waals surface area (Å²) in [6.07, 6.45) is 12.3. The minimum atomic E-state index is -3.85. The number of piperidine rings is 2. The summed E-state index contributed by atoms with van der Waals surface area (Å²) in [5.74, 6) is 0.811. The maximum absolute atomic E-state index is 13.6. The summed E-state index contributed by atoms with van der Waals surface area (Å²) in [7, 11) is -2.00. The number of anilines is 3. The van der Waals surface area contributed by atoms with Crippen LogP contribution in [0.3, 0.4) is 0 Å². The highest BCUT2D eigenvalue weighted by atomic mass is 35.5. The number of sulfonamides is 1. The van der Waals surface area contributed by atoms with Crippen LogP contribution >= 0.6 is 12.4 Å². The Balaban J connectivity index is 0.00000351. The molecule has 2 aromatic carbocycles. The van der Waals surface area contributed by atoms with Crippen LogP contribution in [0.4, 0.5) is 17.2 Å². The Morgan fingerprint density at radius 2 is 1.60 bits per heavy atom. The van der Waals surface area contributed by atoms with Gasteiger partial charge in [0.05, 0.1) is 33.4 Å². The van der Waals surface area contributed by atoms with Crippen LogP contribution < -0.4 is 14.5 Å². The van der Waals surface area contributed by atoms with E-state index in [0.29, 0.717) is 17.5 Å². The summed E-state index contributed by atoms with van der Waals surface area (Å²) < 4.78 is 30.1. The Morgan fingerprint density at radius 1 is 0.851 bits per heavy atom. The summed E-state index contributed by atoms with van der Waals surface area (Å²) in [5.41, 5.74) is 4.52. The summed E-state index contributed by atoms with van der Waals surface area (Å²) >= 11 is 0. The van der Waals surface area contributed by atoms with E-state index in [2.05, 4.69) is 20.6 Å². The SMILES string of the molecule is CN1C(=O)C2(CCC2)c2c1cnc1ccc(-c3cnc(N4CCC(N5CCCCC5)CC4)c(NS(=O)(=O)c4ccccc4)c3)cc21.Cl. The van der Waals surface area contributed by atoms with Crippen LogP contribution in [-0.2, 0) is 20.2 Å². The number of aromatic nitrogens is 2. The van der Waals surface area contributed by atoms with Gasteiger partial charge < -0.3 is 14.7 Å². The topological polar surface area (TPSA) is 98.7 Å². The van der Waals surface area contributed by atoms with Crippen molar-refractivity contribution in [2.24, 2.45) is 0 Å². The van der Waals surface area contributed by atoms with E-state index in [4.69, 9.17) is 9.97 Å². The second-order valence-corrected chi connectivity index (χ2v) is 15.1. The molecule has 1 amide bonds. The van der Waals surface area contributed by atoms with E-state index in [-0.39, 0.29) is 23.2 Å². The molecule has 2 aromatic heterocycles. The van der Waals surface area contributed by atoms with E-state index < -0.39 is 15.4 Å². The number of pyridine rings is 2. The quantitative estimate of drug-likeness (QED) is 0.254. The molecule has 8 rings (SSSR count). The minimum absolute atomic E-state index is 0. The number of carbonyl (C=O) groups excluding carboxylic acids is 1. The lowest BCUT2D eigenvalue weighted by molar-refractivity contribution is -0.125. The molecule has 0 radical (unpaired) electrons. The zero-order valence-corrected chi connectivity index (χ0v) is 28.3. The fraction of sp³-hybridized carbons (Fsp3) is 0.417. The molecular weight excluding hydrogens is 632 g/mol. The number of amides is 1. The van der Waals surface area contributed by atoms with E-state index in [1.54, 1.807) is 29.2 Å². The smallest absolute Gasteiger partial charge is 0.262 e. The first-order valence-electron chi connectivity index (χ1n) is 16.6. The molecule has 11 heteroatoms. The molecule has 1 aliphatic carbocycles. The number of fused-ring (bicyclic) bond motifs is 4. The molecule has 0 unspecified atom stereocenters. The van der Waals surface area contributed by atoms with Crippen LogP contribution in [0.2, 0.25) is 0 Å². The molecule has 1 N–H and O–H groups in total. The summed E-state index contributed by atoms with van der Waals surface area (Å²) in [6.45, 7) is 4.00. The molecule has 4 aromatic rings. The third-order valence-electron chi connectivity index (χ3n) is 10.8. The van der Waals surface area contributed by atoms with Gasteiger partial charge in [0, 0.05) is 48.9 Å². The number of likely N-dealkylation sites (N-methyl/N-ethyl adjacent to an activating group) is 1. The highest BCUT2D eigenvalue weighted by molar-refractivity contribution is 7.92. The highest BCUT2D eigenvalue weighted by Crippen LogP contribution is 2.55. The zero-order chi connectivity index (χ0) is 31.5. The normalized spacial score (nSPS) is 19.8.